The Kier molecular flexibility index (Phi) is 3.28. The van der Waals surface area contributed by atoms with Gasteiger partial charge in [0.25, 0.3) is 0 Å². The SMILES string of the molecule is COCOc1cccc(C=O)c1O. The molecule has 1 aromatic carbocycles. The number of benzene rings is 1. The lowest BCUT2D eigenvalue weighted by atomic mass is 10.2. The van der Waals surface area contributed by atoms with Crippen LogP contribution >= 0.6 is 0 Å². The molecule has 0 unspecified atom stereocenters. The first kappa shape index (κ1) is 9.54. The minimum absolute atomic E-state index is 0.0376. The van der Waals surface area contributed by atoms with E-state index in [4.69, 9.17) is 4.74 Å². The third-order valence-corrected chi connectivity index (χ3v) is 1.49. The molecule has 0 amide bonds. The lowest BCUT2D eigenvalue weighted by Crippen LogP contribution is -1.99. The van der Waals surface area contributed by atoms with Crippen molar-refractivity contribution in [3.63, 3.8) is 0 Å². The summed E-state index contributed by atoms with van der Waals surface area (Å²) in [5.41, 5.74) is 0.202. The quantitative estimate of drug-likeness (QED) is 0.561. The second kappa shape index (κ2) is 4.47. The zero-order chi connectivity index (χ0) is 9.68. The lowest BCUT2D eigenvalue weighted by Gasteiger charge is -2.07. The monoisotopic (exact) mass is 182 g/mol. The molecule has 0 radical (unpaired) electrons. The number of phenolic OH excluding ortho intramolecular Hbond substituents is 1. The van der Waals surface area contributed by atoms with Gasteiger partial charge in [-0.15, -0.1) is 0 Å². The van der Waals surface area contributed by atoms with Crippen LogP contribution in [0.25, 0.3) is 0 Å². The number of carbonyl (C=O) groups is 1. The molecule has 0 fully saturated rings. The highest BCUT2D eigenvalue weighted by atomic mass is 16.7. The fourth-order valence-electron chi connectivity index (χ4n) is 0.873. The van der Waals surface area contributed by atoms with Crippen LogP contribution in [0.3, 0.4) is 0 Å². The molecule has 0 aliphatic rings. The number of hydrogen-bond acceptors (Lipinski definition) is 4. The Hall–Kier alpha value is -1.55. The van der Waals surface area contributed by atoms with Crippen molar-refractivity contribution >= 4 is 6.29 Å². The number of aromatic hydroxyl groups is 1. The van der Waals surface area contributed by atoms with E-state index in [1.54, 1.807) is 12.1 Å². The molecule has 13 heavy (non-hydrogen) atoms. The second-order valence-corrected chi connectivity index (χ2v) is 2.36. The van der Waals surface area contributed by atoms with Crippen LogP contribution < -0.4 is 4.74 Å². The summed E-state index contributed by atoms with van der Waals surface area (Å²) >= 11 is 0. The topological polar surface area (TPSA) is 55.8 Å². The summed E-state index contributed by atoms with van der Waals surface area (Å²) in [5, 5.41) is 9.40. The van der Waals surface area contributed by atoms with Crippen LogP contribution in [0, 0.1) is 0 Å². The molecule has 0 spiro atoms. The van der Waals surface area contributed by atoms with Crippen LogP contribution in [0.15, 0.2) is 18.2 Å². The standard InChI is InChI=1S/C9H10O4/c1-12-6-13-8-4-2-3-7(5-10)9(8)11/h2-5,11H,6H2,1H3. The van der Waals surface area contributed by atoms with Gasteiger partial charge in [0.15, 0.2) is 24.6 Å². The van der Waals surface area contributed by atoms with Crippen molar-refractivity contribution in [1.82, 2.24) is 0 Å². The summed E-state index contributed by atoms with van der Waals surface area (Å²) < 4.78 is 9.65. The van der Waals surface area contributed by atoms with E-state index < -0.39 is 0 Å². The van der Waals surface area contributed by atoms with Gasteiger partial charge in [-0.2, -0.15) is 0 Å². The first-order chi connectivity index (χ1) is 6.29. The number of hydrogen-bond donors (Lipinski definition) is 1. The third-order valence-electron chi connectivity index (χ3n) is 1.49. The van der Waals surface area contributed by atoms with Crippen molar-refractivity contribution in [3.05, 3.63) is 23.8 Å². The normalized spacial score (nSPS) is 9.62. The Balaban J connectivity index is 2.87. The van der Waals surface area contributed by atoms with Crippen LogP contribution in [0.5, 0.6) is 11.5 Å². The van der Waals surface area contributed by atoms with E-state index in [9.17, 15) is 9.90 Å². The van der Waals surface area contributed by atoms with Gasteiger partial charge in [-0.1, -0.05) is 6.07 Å². The van der Waals surface area contributed by atoms with E-state index in [2.05, 4.69) is 4.74 Å². The second-order valence-electron chi connectivity index (χ2n) is 2.36. The molecule has 0 saturated carbocycles. The number of aldehydes is 1. The van der Waals surface area contributed by atoms with Crippen LogP contribution in [0.2, 0.25) is 0 Å². The average molecular weight is 182 g/mol. The van der Waals surface area contributed by atoms with Gasteiger partial charge in [0.2, 0.25) is 0 Å². The van der Waals surface area contributed by atoms with Gasteiger partial charge < -0.3 is 14.6 Å². The summed E-state index contributed by atoms with van der Waals surface area (Å²) in [6.07, 6.45) is 0.564. The molecule has 1 N–H and O–H groups in total. The fourth-order valence-corrected chi connectivity index (χ4v) is 0.873. The maximum atomic E-state index is 10.4. The lowest BCUT2D eigenvalue weighted by molar-refractivity contribution is 0.0491. The van der Waals surface area contributed by atoms with E-state index in [0.717, 1.165) is 0 Å². The number of para-hydroxylation sites is 1. The van der Waals surface area contributed by atoms with Crippen LogP contribution in [-0.2, 0) is 4.74 Å². The first-order valence-electron chi connectivity index (χ1n) is 3.68. The molecule has 1 rings (SSSR count). The zero-order valence-corrected chi connectivity index (χ0v) is 7.19. The van der Waals surface area contributed by atoms with Crippen molar-refractivity contribution in [2.45, 2.75) is 0 Å². The largest absolute Gasteiger partial charge is 0.504 e. The van der Waals surface area contributed by atoms with Gasteiger partial charge in [0, 0.05) is 7.11 Å². The maximum absolute atomic E-state index is 10.4. The van der Waals surface area contributed by atoms with Crippen molar-refractivity contribution < 1.29 is 19.4 Å². The third kappa shape index (κ3) is 2.19. The number of methoxy groups -OCH3 is 1. The highest BCUT2D eigenvalue weighted by molar-refractivity contribution is 5.80. The van der Waals surface area contributed by atoms with E-state index in [0.29, 0.717) is 6.29 Å². The Labute approximate surface area is 75.7 Å². The van der Waals surface area contributed by atoms with E-state index in [1.807, 2.05) is 0 Å². The summed E-state index contributed by atoms with van der Waals surface area (Å²) in [6, 6.07) is 4.68. The minimum Gasteiger partial charge on any atom is -0.504 e. The summed E-state index contributed by atoms with van der Waals surface area (Å²) in [4.78, 5) is 10.4. The average Bonchev–Trinajstić information content (AvgIpc) is 2.16. The van der Waals surface area contributed by atoms with Gasteiger partial charge in [-0.25, -0.2) is 0 Å². The molecule has 0 bridgehead atoms. The van der Waals surface area contributed by atoms with Crippen LogP contribution in [0.4, 0.5) is 0 Å². The van der Waals surface area contributed by atoms with Crippen molar-refractivity contribution in [2.24, 2.45) is 0 Å². The fraction of sp³-hybridized carbons (Fsp3) is 0.222. The van der Waals surface area contributed by atoms with E-state index >= 15 is 0 Å². The molecule has 0 heterocycles. The Morgan fingerprint density at radius 3 is 2.92 bits per heavy atom. The molecular weight excluding hydrogens is 172 g/mol. The summed E-state index contributed by atoms with van der Waals surface area (Å²) in [5.74, 6) is 0.0843. The molecule has 0 saturated heterocycles. The van der Waals surface area contributed by atoms with Gasteiger partial charge in [0.05, 0.1) is 5.56 Å². The van der Waals surface area contributed by atoms with Gasteiger partial charge in [0.1, 0.15) is 0 Å². The molecule has 4 heteroatoms. The Bertz CT molecular complexity index is 296. The predicted octanol–water partition coefficient (Wildman–Crippen LogP) is 1.19. The van der Waals surface area contributed by atoms with Gasteiger partial charge in [-0.3, -0.25) is 4.79 Å². The smallest absolute Gasteiger partial charge is 0.188 e. The minimum atomic E-state index is -0.158. The molecule has 0 aliphatic heterocycles. The first-order valence-corrected chi connectivity index (χ1v) is 3.68. The van der Waals surface area contributed by atoms with Crippen LogP contribution in [0.1, 0.15) is 10.4 Å². The zero-order valence-electron chi connectivity index (χ0n) is 7.19. The number of ether oxygens (including phenoxy) is 2. The van der Waals surface area contributed by atoms with E-state index in [-0.39, 0.29) is 23.9 Å². The maximum Gasteiger partial charge on any atom is 0.188 e. The predicted molar refractivity (Wildman–Crippen MR) is 46.0 cm³/mol. The molecular formula is C9H10O4. The molecule has 70 valence electrons. The van der Waals surface area contributed by atoms with E-state index in [1.165, 1.54) is 13.2 Å². The molecule has 1 aromatic rings. The Morgan fingerprint density at radius 1 is 1.54 bits per heavy atom. The molecule has 0 atom stereocenters. The highest BCUT2D eigenvalue weighted by Crippen LogP contribution is 2.28. The Morgan fingerprint density at radius 2 is 2.31 bits per heavy atom. The molecule has 0 aromatic heterocycles. The summed E-state index contributed by atoms with van der Waals surface area (Å²) in [6.45, 7) is 0.0376. The summed E-state index contributed by atoms with van der Waals surface area (Å²) in [7, 11) is 1.47. The molecule has 4 nitrogen and oxygen atoms in total. The van der Waals surface area contributed by atoms with Gasteiger partial charge in [-0.05, 0) is 12.1 Å². The van der Waals surface area contributed by atoms with Crippen molar-refractivity contribution in [1.29, 1.82) is 0 Å². The number of carbonyl (C=O) groups excluding carboxylic acids is 1. The number of rotatable bonds is 4. The van der Waals surface area contributed by atoms with Crippen molar-refractivity contribution in [3.8, 4) is 11.5 Å². The van der Waals surface area contributed by atoms with Crippen molar-refractivity contribution in [2.75, 3.05) is 13.9 Å². The number of phenols is 1. The van der Waals surface area contributed by atoms with Gasteiger partial charge >= 0.3 is 0 Å². The van der Waals surface area contributed by atoms with Crippen LogP contribution in [-0.4, -0.2) is 25.3 Å². The molecule has 0 aliphatic carbocycles. The highest BCUT2D eigenvalue weighted by Gasteiger charge is 2.06.